The van der Waals surface area contributed by atoms with Crippen LogP contribution in [0.2, 0.25) is 0 Å². The Labute approximate surface area is 114 Å². The first kappa shape index (κ1) is 14.0. The number of carbonyl (C=O) groups excluding carboxylic acids is 1. The fourth-order valence-electron chi connectivity index (χ4n) is 2.25. The number of nitro groups is 1. The third-order valence-electron chi connectivity index (χ3n) is 3.32. The number of benzene rings is 1. The van der Waals surface area contributed by atoms with Crippen molar-refractivity contribution in [2.75, 3.05) is 0 Å². The zero-order valence-electron chi connectivity index (χ0n) is 11.1. The lowest BCUT2D eigenvalue weighted by atomic mass is 9.92. The minimum Gasteiger partial charge on any atom is -0.299 e. The number of hydrogen-bond acceptors (Lipinski definition) is 4. The van der Waals surface area contributed by atoms with E-state index in [-0.39, 0.29) is 34.4 Å². The van der Waals surface area contributed by atoms with Gasteiger partial charge in [-0.3, -0.25) is 19.9 Å². The van der Waals surface area contributed by atoms with Crippen molar-refractivity contribution >= 4 is 22.4 Å². The molecule has 20 heavy (non-hydrogen) atoms. The number of pyridine rings is 1. The zero-order chi connectivity index (χ0) is 14.9. The van der Waals surface area contributed by atoms with Gasteiger partial charge >= 0.3 is 0 Å². The van der Waals surface area contributed by atoms with Crippen LogP contribution in [-0.2, 0) is 4.79 Å². The number of Topliss-reactive ketones (excluding diaryl/α,β-unsaturated/α-hetero) is 1. The van der Waals surface area contributed by atoms with Gasteiger partial charge in [0, 0.05) is 24.1 Å². The molecule has 0 fully saturated rings. The molecule has 2 aromatic rings. The van der Waals surface area contributed by atoms with Gasteiger partial charge in [-0.2, -0.15) is 0 Å². The van der Waals surface area contributed by atoms with Crippen LogP contribution in [0.15, 0.2) is 24.4 Å². The lowest BCUT2D eigenvalue weighted by Crippen LogP contribution is -2.11. The molecule has 6 heteroatoms. The number of rotatable bonds is 4. The molecule has 0 bridgehead atoms. The second-order valence-corrected chi connectivity index (χ2v) is 4.49. The number of ketones is 1. The summed E-state index contributed by atoms with van der Waals surface area (Å²) in [6.45, 7) is 3.28. The van der Waals surface area contributed by atoms with Gasteiger partial charge in [-0.25, -0.2) is 4.39 Å². The predicted molar refractivity (Wildman–Crippen MR) is 72.1 cm³/mol. The van der Waals surface area contributed by atoms with Gasteiger partial charge < -0.3 is 0 Å². The highest BCUT2D eigenvalue weighted by atomic mass is 19.1. The number of non-ortho nitro benzene ring substituents is 1. The fourth-order valence-corrected chi connectivity index (χ4v) is 2.25. The highest BCUT2D eigenvalue weighted by Crippen LogP contribution is 2.33. The quantitative estimate of drug-likeness (QED) is 0.634. The van der Waals surface area contributed by atoms with Gasteiger partial charge in [-0.15, -0.1) is 0 Å². The molecule has 5 nitrogen and oxygen atoms in total. The molecule has 1 atom stereocenters. The van der Waals surface area contributed by atoms with Crippen LogP contribution in [0.5, 0.6) is 0 Å². The summed E-state index contributed by atoms with van der Waals surface area (Å²) in [5, 5.41) is 11.2. The Morgan fingerprint density at radius 3 is 2.85 bits per heavy atom. The van der Waals surface area contributed by atoms with Crippen LogP contribution in [0.3, 0.4) is 0 Å². The molecule has 0 amide bonds. The maximum Gasteiger partial charge on any atom is 0.281 e. The maximum atomic E-state index is 14.2. The molecule has 0 spiro atoms. The third kappa shape index (κ3) is 2.24. The zero-order valence-corrected chi connectivity index (χ0v) is 11.1. The first-order chi connectivity index (χ1) is 9.47. The van der Waals surface area contributed by atoms with Crippen molar-refractivity contribution in [3.63, 3.8) is 0 Å². The average molecular weight is 276 g/mol. The first-order valence-electron chi connectivity index (χ1n) is 6.21. The van der Waals surface area contributed by atoms with Crippen molar-refractivity contribution in [3.8, 4) is 0 Å². The molecule has 1 aromatic carbocycles. The van der Waals surface area contributed by atoms with E-state index >= 15 is 0 Å². The van der Waals surface area contributed by atoms with E-state index in [4.69, 9.17) is 0 Å². The summed E-state index contributed by atoms with van der Waals surface area (Å²) in [5.74, 6) is -1.58. The van der Waals surface area contributed by atoms with Crippen LogP contribution < -0.4 is 0 Å². The van der Waals surface area contributed by atoms with Gasteiger partial charge in [-0.1, -0.05) is 13.8 Å². The summed E-state index contributed by atoms with van der Waals surface area (Å²) in [6.07, 6.45) is 1.70. The molecule has 1 aromatic heterocycles. The number of hydrogen-bond donors (Lipinski definition) is 0. The van der Waals surface area contributed by atoms with Gasteiger partial charge in [0.15, 0.2) is 0 Å². The average Bonchev–Trinajstić information content (AvgIpc) is 2.44. The second kappa shape index (κ2) is 5.32. The predicted octanol–water partition coefficient (Wildman–Crippen LogP) is 3.36. The number of aromatic nitrogens is 1. The summed E-state index contributed by atoms with van der Waals surface area (Å²) in [4.78, 5) is 26.2. The van der Waals surface area contributed by atoms with Crippen molar-refractivity contribution in [1.29, 1.82) is 0 Å². The molecule has 2 rings (SSSR count). The molecular formula is C14H13FN2O3. The Morgan fingerprint density at radius 2 is 2.25 bits per heavy atom. The smallest absolute Gasteiger partial charge is 0.281 e. The molecule has 0 saturated carbocycles. The van der Waals surface area contributed by atoms with E-state index in [0.29, 0.717) is 0 Å². The van der Waals surface area contributed by atoms with Crippen LogP contribution in [0.25, 0.3) is 10.9 Å². The molecule has 1 unspecified atom stereocenters. The van der Waals surface area contributed by atoms with E-state index < -0.39 is 16.7 Å². The topological polar surface area (TPSA) is 73.1 Å². The number of carbonyl (C=O) groups is 1. The van der Waals surface area contributed by atoms with Gasteiger partial charge in [0.2, 0.25) is 0 Å². The highest BCUT2D eigenvalue weighted by Gasteiger charge is 2.25. The van der Waals surface area contributed by atoms with Crippen molar-refractivity contribution in [2.24, 2.45) is 0 Å². The first-order valence-corrected chi connectivity index (χ1v) is 6.21. The monoisotopic (exact) mass is 276 g/mol. The maximum absolute atomic E-state index is 14.2. The van der Waals surface area contributed by atoms with Crippen molar-refractivity contribution in [2.45, 2.75) is 26.2 Å². The largest absolute Gasteiger partial charge is 0.299 e. The Morgan fingerprint density at radius 1 is 1.55 bits per heavy atom. The molecule has 104 valence electrons. The van der Waals surface area contributed by atoms with Crippen molar-refractivity contribution in [1.82, 2.24) is 4.98 Å². The number of fused-ring (bicyclic) bond motifs is 1. The van der Waals surface area contributed by atoms with E-state index in [9.17, 15) is 19.3 Å². The molecule has 0 aliphatic heterocycles. The Balaban J connectivity index is 2.80. The summed E-state index contributed by atoms with van der Waals surface area (Å²) in [5.41, 5.74) is -0.0444. The highest BCUT2D eigenvalue weighted by molar-refractivity contribution is 5.95. The SMILES string of the molecule is CCC(=O)C(C)c1c(F)cc([N+](=O)[O-])c2cccnc12. The minimum absolute atomic E-state index is 0.123. The Kier molecular flexibility index (Phi) is 3.74. The number of halogens is 1. The van der Waals surface area contributed by atoms with Gasteiger partial charge in [0.1, 0.15) is 11.6 Å². The van der Waals surface area contributed by atoms with E-state index in [1.807, 2.05) is 0 Å². The number of nitro benzene ring substituents is 1. The summed E-state index contributed by atoms with van der Waals surface area (Å²) in [6, 6.07) is 3.91. The van der Waals surface area contributed by atoms with E-state index in [1.54, 1.807) is 19.9 Å². The summed E-state index contributed by atoms with van der Waals surface area (Å²) in [7, 11) is 0. The van der Waals surface area contributed by atoms with Gasteiger partial charge in [-0.05, 0) is 12.1 Å². The fraction of sp³-hybridized carbons (Fsp3) is 0.286. The Bertz CT molecular complexity index is 700. The van der Waals surface area contributed by atoms with E-state index in [2.05, 4.69) is 4.98 Å². The van der Waals surface area contributed by atoms with Crippen LogP contribution >= 0.6 is 0 Å². The standard InChI is InChI=1S/C14H13FN2O3/c1-3-12(18)8(2)13-10(15)7-11(17(19)20)9-5-4-6-16-14(9)13/h4-8H,3H2,1-2H3. The normalized spacial score (nSPS) is 12.3. The van der Waals surface area contributed by atoms with Crippen LogP contribution in [0.1, 0.15) is 31.7 Å². The van der Waals surface area contributed by atoms with Crippen molar-refractivity contribution < 1.29 is 14.1 Å². The van der Waals surface area contributed by atoms with Crippen LogP contribution in [0, 0.1) is 15.9 Å². The molecule has 0 aliphatic carbocycles. The molecule has 0 aliphatic rings. The lowest BCUT2D eigenvalue weighted by molar-refractivity contribution is -0.383. The lowest BCUT2D eigenvalue weighted by Gasteiger charge is -2.13. The number of nitrogens with zero attached hydrogens (tertiary/aromatic N) is 2. The van der Waals surface area contributed by atoms with E-state index in [0.717, 1.165) is 6.07 Å². The van der Waals surface area contributed by atoms with Gasteiger partial charge in [0.25, 0.3) is 5.69 Å². The van der Waals surface area contributed by atoms with Crippen LogP contribution in [-0.4, -0.2) is 15.7 Å². The minimum atomic E-state index is -0.766. The summed E-state index contributed by atoms with van der Waals surface area (Å²) >= 11 is 0. The van der Waals surface area contributed by atoms with Gasteiger partial charge in [0.05, 0.1) is 21.9 Å². The van der Waals surface area contributed by atoms with E-state index in [1.165, 1.54) is 12.3 Å². The molecule has 1 heterocycles. The Hall–Kier alpha value is -2.37. The summed E-state index contributed by atoms with van der Waals surface area (Å²) < 4.78 is 14.2. The second-order valence-electron chi connectivity index (χ2n) is 4.49. The molecule has 0 radical (unpaired) electrons. The van der Waals surface area contributed by atoms with Crippen LogP contribution in [0.4, 0.5) is 10.1 Å². The third-order valence-corrected chi connectivity index (χ3v) is 3.32. The van der Waals surface area contributed by atoms with Crippen molar-refractivity contribution in [3.05, 3.63) is 45.9 Å². The molecule has 0 N–H and O–H groups in total. The molecular weight excluding hydrogens is 263 g/mol. The molecule has 0 saturated heterocycles.